The molecule has 0 spiro atoms. The molecule has 0 aromatic heterocycles. The zero-order valence-electron chi connectivity index (χ0n) is 12.0. The lowest BCUT2D eigenvalue weighted by atomic mass is 10.1. The van der Waals surface area contributed by atoms with Crippen LogP contribution in [0, 0.1) is 0 Å². The van der Waals surface area contributed by atoms with Gasteiger partial charge in [-0.3, -0.25) is 0 Å². The Morgan fingerprint density at radius 3 is 2.71 bits per heavy atom. The molecule has 4 nitrogen and oxygen atoms in total. The number of carbonyl (C=O) groups excluding carboxylic acids is 1. The number of methoxy groups -OCH3 is 1. The van der Waals surface area contributed by atoms with Crippen LogP contribution in [0.3, 0.4) is 0 Å². The summed E-state index contributed by atoms with van der Waals surface area (Å²) in [6.45, 7) is 0.620. The highest BCUT2D eigenvalue weighted by atomic mass is 35.5. The van der Waals surface area contributed by atoms with Gasteiger partial charge in [0.2, 0.25) is 0 Å². The van der Waals surface area contributed by atoms with Crippen LogP contribution < -0.4 is 10.6 Å². The molecule has 0 aliphatic rings. The van der Waals surface area contributed by atoms with Gasteiger partial charge in [-0.15, -0.1) is 0 Å². The summed E-state index contributed by atoms with van der Waals surface area (Å²) in [6.07, 6.45) is 0. The van der Waals surface area contributed by atoms with E-state index in [1.54, 1.807) is 12.1 Å². The predicted molar refractivity (Wildman–Crippen MR) is 85.8 cm³/mol. The Balaban J connectivity index is 2.30. The van der Waals surface area contributed by atoms with E-state index in [2.05, 4.69) is 0 Å². The minimum absolute atomic E-state index is 0.407. The molecule has 2 aromatic carbocycles. The van der Waals surface area contributed by atoms with Crippen molar-refractivity contribution in [2.75, 3.05) is 24.8 Å². The number of anilines is 2. The molecule has 0 heterocycles. The van der Waals surface area contributed by atoms with Crippen molar-refractivity contribution in [1.82, 2.24) is 0 Å². The van der Waals surface area contributed by atoms with Crippen molar-refractivity contribution < 1.29 is 9.53 Å². The van der Waals surface area contributed by atoms with Gasteiger partial charge in [-0.1, -0.05) is 23.7 Å². The summed E-state index contributed by atoms with van der Waals surface area (Å²) in [5, 5.41) is 0.686. The van der Waals surface area contributed by atoms with Crippen LogP contribution in [0.4, 0.5) is 11.4 Å². The SMILES string of the molecule is COC(=O)c1cc(N)ccc1N(C)Cc1cccc(Cl)c1. The molecule has 110 valence electrons. The third-order valence-electron chi connectivity index (χ3n) is 3.15. The van der Waals surface area contributed by atoms with Gasteiger partial charge in [-0.25, -0.2) is 4.79 Å². The minimum atomic E-state index is -0.407. The zero-order valence-corrected chi connectivity index (χ0v) is 12.7. The summed E-state index contributed by atoms with van der Waals surface area (Å²) in [6, 6.07) is 12.8. The van der Waals surface area contributed by atoms with Crippen molar-refractivity contribution in [3.8, 4) is 0 Å². The predicted octanol–water partition coefficient (Wildman–Crippen LogP) is 3.35. The fourth-order valence-electron chi connectivity index (χ4n) is 2.15. The molecule has 21 heavy (non-hydrogen) atoms. The van der Waals surface area contributed by atoms with E-state index < -0.39 is 5.97 Å². The van der Waals surface area contributed by atoms with Crippen LogP contribution >= 0.6 is 11.6 Å². The first-order valence-corrected chi connectivity index (χ1v) is 6.82. The van der Waals surface area contributed by atoms with Crippen LogP contribution in [-0.2, 0) is 11.3 Å². The molecule has 2 N–H and O–H groups in total. The number of halogens is 1. The zero-order chi connectivity index (χ0) is 15.4. The highest BCUT2D eigenvalue weighted by Gasteiger charge is 2.15. The Morgan fingerprint density at radius 1 is 1.29 bits per heavy atom. The molecule has 0 amide bonds. The summed E-state index contributed by atoms with van der Waals surface area (Å²) in [5.74, 6) is -0.407. The maximum absolute atomic E-state index is 11.9. The van der Waals surface area contributed by atoms with Gasteiger partial charge in [0.15, 0.2) is 0 Å². The Bertz CT molecular complexity index is 658. The van der Waals surface area contributed by atoms with E-state index in [-0.39, 0.29) is 0 Å². The average Bonchev–Trinajstić information content (AvgIpc) is 2.46. The van der Waals surface area contributed by atoms with E-state index >= 15 is 0 Å². The Kier molecular flexibility index (Phi) is 4.70. The number of nitrogens with zero attached hydrogens (tertiary/aromatic N) is 1. The van der Waals surface area contributed by atoms with Gasteiger partial charge in [-0.2, -0.15) is 0 Å². The fourth-order valence-corrected chi connectivity index (χ4v) is 2.37. The maximum Gasteiger partial charge on any atom is 0.340 e. The van der Waals surface area contributed by atoms with E-state index in [9.17, 15) is 4.79 Å². The Labute approximate surface area is 129 Å². The maximum atomic E-state index is 11.9. The second-order valence-electron chi connectivity index (χ2n) is 4.75. The van der Waals surface area contributed by atoms with Gasteiger partial charge < -0.3 is 15.4 Å². The molecule has 0 saturated heterocycles. The van der Waals surface area contributed by atoms with Crippen LogP contribution in [0.5, 0.6) is 0 Å². The van der Waals surface area contributed by atoms with Crippen LogP contribution in [-0.4, -0.2) is 20.1 Å². The standard InChI is InChI=1S/C16H17ClN2O2/c1-19(10-11-4-3-5-12(17)8-11)15-7-6-13(18)9-14(15)16(20)21-2/h3-9H,10,18H2,1-2H3. The molecule has 2 aromatic rings. The van der Waals surface area contributed by atoms with Crippen LogP contribution in [0.1, 0.15) is 15.9 Å². The van der Waals surface area contributed by atoms with Crippen LogP contribution in [0.25, 0.3) is 0 Å². The number of hydrogen-bond donors (Lipinski definition) is 1. The van der Waals surface area contributed by atoms with E-state index in [0.29, 0.717) is 22.8 Å². The van der Waals surface area contributed by atoms with Gasteiger partial charge in [0.05, 0.1) is 18.4 Å². The number of esters is 1. The molecule has 2 rings (SSSR count). The second-order valence-corrected chi connectivity index (χ2v) is 5.19. The Morgan fingerprint density at radius 2 is 2.05 bits per heavy atom. The summed E-state index contributed by atoms with van der Waals surface area (Å²) >= 11 is 5.99. The molecule has 0 aliphatic heterocycles. The van der Waals surface area contributed by atoms with E-state index in [0.717, 1.165) is 11.3 Å². The van der Waals surface area contributed by atoms with Crippen molar-refractivity contribution in [3.05, 3.63) is 58.6 Å². The van der Waals surface area contributed by atoms with Crippen molar-refractivity contribution in [2.24, 2.45) is 0 Å². The lowest BCUT2D eigenvalue weighted by Crippen LogP contribution is -2.20. The second kappa shape index (κ2) is 6.50. The molecule has 0 atom stereocenters. The lowest BCUT2D eigenvalue weighted by molar-refractivity contribution is 0.0601. The van der Waals surface area contributed by atoms with Crippen LogP contribution in [0.2, 0.25) is 5.02 Å². The minimum Gasteiger partial charge on any atom is -0.465 e. The van der Waals surface area contributed by atoms with Gasteiger partial charge in [-0.05, 0) is 35.9 Å². The first-order chi connectivity index (χ1) is 10.0. The quantitative estimate of drug-likeness (QED) is 0.695. The number of nitrogens with two attached hydrogens (primary N) is 1. The summed E-state index contributed by atoms with van der Waals surface area (Å²) < 4.78 is 4.81. The number of ether oxygens (including phenoxy) is 1. The normalized spacial score (nSPS) is 10.2. The summed E-state index contributed by atoms with van der Waals surface area (Å²) in [4.78, 5) is 13.8. The third-order valence-corrected chi connectivity index (χ3v) is 3.38. The first kappa shape index (κ1) is 15.2. The van der Waals surface area contributed by atoms with Crippen molar-refractivity contribution in [3.63, 3.8) is 0 Å². The van der Waals surface area contributed by atoms with Crippen molar-refractivity contribution in [1.29, 1.82) is 0 Å². The van der Waals surface area contributed by atoms with Gasteiger partial charge in [0, 0.05) is 24.3 Å². The Hall–Kier alpha value is -2.20. The van der Waals surface area contributed by atoms with Gasteiger partial charge in [0.25, 0.3) is 0 Å². The largest absolute Gasteiger partial charge is 0.465 e. The van der Waals surface area contributed by atoms with Crippen molar-refractivity contribution in [2.45, 2.75) is 6.54 Å². The number of nitrogen functional groups attached to an aromatic ring is 1. The monoisotopic (exact) mass is 304 g/mol. The molecule has 0 radical (unpaired) electrons. The number of hydrogen-bond acceptors (Lipinski definition) is 4. The van der Waals surface area contributed by atoms with E-state index in [4.69, 9.17) is 22.1 Å². The van der Waals surface area contributed by atoms with E-state index in [1.807, 2.05) is 42.3 Å². The topological polar surface area (TPSA) is 55.6 Å². The molecule has 0 unspecified atom stereocenters. The molecule has 0 aliphatic carbocycles. The van der Waals surface area contributed by atoms with Crippen molar-refractivity contribution >= 4 is 28.9 Å². The van der Waals surface area contributed by atoms with Gasteiger partial charge >= 0.3 is 5.97 Å². The number of rotatable bonds is 4. The number of carbonyl (C=O) groups is 1. The molecule has 0 fully saturated rings. The summed E-state index contributed by atoms with van der Waals surface area (Å²) in [5.41, 5.74) is 8.53. The van der Waals surface area contributed by atoms with Gasteiger partial charge in [0.1, 0.15) is 0 Å². The average molecular weight is 305 g/mol. The molecular weight excluding hydrogens is 288 g/mol. The fraction of sp³-hybridized carbons (Fsp3) is 0.188. The molecular formula is C16H17ClN2O2. The third kappa shape index (κ3) is 3.67. The highest BCUT2D eigenvalue weighted by Crippen LogP contribution is 2.25. The highest BCUT2D eigenvalue weighted by molar-refractivity contribution is 6.30. The molecule has 5 heteroatoms. The number of benzene rings is 2. The van der Waals surface area contributed by atoms with Crippen LogP contribution in [0.15, 0.2) is 42.5 Å². The van der Waals surface area contributed by atoms with E-state index in [1.165, 1.54) is 7.11 Å². The molecule has 0 bridgehead atoms. The molecule has 0 saturated carbocycles. The smallest absolute Gasteiger partial charge is 0.340 e. The summed E-state index contributed by atoms with van der Waals surface area (Å²) in [7, 11) is 3.26. The lowest BCUT2D eigenvalue weighted by Gasteiger charge is -2.22. The first-order valence-electron chi connectivity index (χ1n) is 6.44.